The number of hydrogen-bond acceptors (Lipinski definition) is 4. The second kappa shape index (κ2) is 3.21. The number of rotatable bonds is 1. The number of nitrogens with zero attached hydrogens (tertiary/aromatic N) is 1. The van der Waals surface area contributed by atoms with Gasteiger partial charge in [-0.25, -0.2) is 15.2 Å². The van der Waals surface area contributed by atoms with E-state index in [-0.39, 0.29) is 5.82 Å². The second-order valence-electron chi connectivity index (χ2n) is 2.40. The van der Waals surface area contributed by atoms with Crippen molar-refractivity contribution < 1.29 is 4.39 Å². The third-order valence-electron chi connectivity index (χ3n) is 1.55. The predicted octanol–water partition coefficient (Wildman–Crippen LogP) is 2.48. The van der Waals surface area contributed by atoms with Gasteiger partial charge in [-0.05, 0) is 22.0 Å². The van der Waals surface area contributed by atoms with Crippen LogP contribution >= 0.6 is 27.3 Å². The van der Waals surface area contributed by atoms with Crippen LogP contribution in [0.25, 0.3) is 10.2 Å². The van der Waals surface area contributed by atoms with Crippen LogP contribution in [0, 0.1) is 5.82 Å². The molecule has 3 nitrogen and oxygen atoms in total. The molecule has 0 saturated carbocycles. The predicted molar refractivity (Wildman–Crippen MR) is 55.1 cm³/mol. The van der Waals surface area contributed by atoms with Gasteiger partial charge < -0.3 is 0 Å². The van der Waals surface area contributed by atoms with Crippen LogP contribution in [0.15, 0.2) is 16.6 Å². The van der Waals surface area contributed by atoms with Crippen molar-refractivity contribution in [3.63, 3.8) is 0 Å². The molecule has 0 saturated heterocycles. The van der Waals surface area contributed by atoms with E-state index < -0.39 is 0 Å². The normalized spacial score (nSPS) is 10.7. The van der Waals surface area contributed by atoms with Crippen molar-refractivity contribution >= 4 is 42.6 Å². The molecule has 0 unspecified atom stereocenters. The number of thiazole rings is 1. The molecule has 1 aromatic carbocycles. The maximum absolute atomic E-state index is 13.0. The summed E-state index contributed by atoms with van der Waals surface area (Å²) >= 11 is 4.48. The first-order valence-corrected chi connectivity index (χ1v) is 5.04. The highest BCUT2D eigenvalue weighted by atomic mass is 79.9. The zero-order chi connectivity index (χ0) is 9.42. The summed E-state index contributed by atoms with van der Waals surface area (Å²) in [6, 6.07) is 3.06. The van der Waals surface area contributed by atoms with Crippen molar-refractivity contribution in [1.29, 1.82) is 0 Å². The van der Waals surface area contributed by atoms with Gasteiger partial charge in [0, 0.05) is 6.07 Å². The van der Waals surface area contributed by atoms with Gasteiger partial charge >= 0.3 is 0 Å². The molecule has 6 heteroatoms. The fraction of sp³-hybridized carbons (Fsp3) is 0. The number of benzene rings is 1. The minimum atomic E-state index is -0.318. The van der Waals surface area contributed by atoms with Crippen LogP contribution in [0.3, 0.4) is 0 Å². The van der Waals surface area contributed by atoms with Gasteiger partial charge in [0.15, 0.2) is 5.13 Å². The summed E-state index contributed by atoms with van der Waals surface area (Å²) in [6.07, 6.45) is 0. The smallest absolute Gasteiger partial charge is 0.198 e. The lowest BCUT2D eigenvalue weighted by Crippen LogP contribution is -2.05. The van der Waals surface area contributed by atoms with Crippen molar-refractivity contribution in [3.05, 3.63) is 22.4 Å². The topological polar surface area (TPSA) is 50.9 Å². The van der Waals surface area contributed by atoms with Gasteiger partial charge in [0.2, 0.25) is 0 Å². The van der Waals surface area contributed by atoms with Crippen molar-refractivity contribution in [2.75, 3.05) is 5.43 Å². The lowest BCUT2D eigenvalue weighted by Gasteiger charge is -1.91. The molecule has 0 radical (unpaired) electrons. The molecule has 0 fully saturated rings. The molecule has 3 N–H and O–H groups in total. The average Bonchev–Trinajstić information content (AvgIpc) is 2.48. The lowest BCUT2D eigenvalue weighted by atomic mass is 10.3. The first kappa shape index (κ1) is 8.86. The molecule has 0 bridgehead atoms. The standard InChI is InChI=1S/C7H5BrFN3S/c8-3-1-6-5(2-4(3)9)11-7(12-10)13-6/h1-2H,10H2,(H,11,12). The number of nitrogens with one attached hydrogen (secondary N) is 1. The molecule has 0 atom stereocenters. The number of nitrogens with two attached hydrogens (primary N) is 1. The van der Waals surface area contributed by atoms with Crippen molar-refractivity contribution in [1.82, 2.24) is 4.98 Å². The van der Waals surface area contributed by atoms with Crippen molar-refractivity contribution in [2.45, 2.75) is 0 Å². The summed E-state index contributed by atoms with van der Waals surface area (Å²) in [6.45, 7) is 0. The van der Waals surface area contributed by atoms with Crippen LogP contribution in [0.5, 0.6) is 0 Å². The zero-order valence-corrected chi connectivity index (χ0v) is 8.75. The maximum Gasteiger partial charge on any atom is 0.198 e. The molecule has 13 heavy (non-hydrogen) atoms. The minimum absolute atomic E-state index is 0.318. The lowest BCUT2D eigenvalue weighted by molar-refractivity contribution is 0.623. The van der Waals surface area contributed by atoms with Gasteiger partial charge in [0.25, 0.3) is 0 Å². The van der Waals surface area contributed by atoms with E-state index in [2.05, 4.69) is 26.3 Å². The van der Waals surface area contributed by atoms with E-state index in [1.807, 2.05) is 0 Å². The number of fused-ring (bicyclic) bond motifs is 1. The zero-order valence-electron chi connectivity index (χ0n) is 6.34. The molecule has 0 aliphatic rings. The molecule has 0 aliphatic carbocycles. The number of halogens is 2. The molecule has 0 aliphatic heterocycles. The van der Waals surface area contributed by atoms with Crippen LogP contribution in [-0.2, 0) is 0 Å². The number of hydrazine groups is 1. The number of anilines is 1. The van der Waals surface area contributed by atoms with Crippen molar-refractivity contribution in [2.24, 2.45) is 5.84 Å². The highest BCUT2D eigenvalue weighted by molar-refractivity contribution is 9.10. The van der Waals surface area contributed by atoms with Crippen LogP contribution in [0.1, 0.15) is 0 Å². The molecule has 2 aromatic rings. The van der Waals surface area contributed by atoms with E-state index in [4.69, 9.17) is 5.84 Å². The average molecular weight is 262 g/mol. The fourth-order valence-corrected chi connectivity index (χ4v) is 2.28. The van der Waals surface area contributed by atoms with Crippen LogP contribution in [-0.4, -0.2) is 4.98 Å². The molecular formula is C7H5BrFN3S. The Kier molecular flexibility index (Phi) is 2.19. The number of hydrogen-bond donors (Lipinski definition) is 2. The molecule has 0 amide bonds. The first-order valence-electron chi connectivity index (χ1n) is 3.43. The Labute approximate surface area is 85.9 Å². The molecule has 1 heterocycles. The Morgan fingerprint density at radius 1 is 1.54 bits per heavy atom. The summed E-state index contributed by atoms with van der Waals surface area (Å²) in [4.78, 5) is 4.05. The molecule has 1 aromatic heterocycles. The summed E-state index contributed by atoms with van der Waals surface area (Å²) in [7, 11) is 0. The summed E-state index contributed by atoms with van der Waals surface area (Å²) in [5.74, 6) is 4.86. The highest BCUT2D eigenvalue weighted by Crippen LogP contribution is 2.29. The van der Waals surface area contributed by atoms with E-state index in [9.17, 15) is 4.39 Å². The summed E-state index contributed by atoms with van der Waals surface area (Å²) < 4.78 is 14.4. The fourth-order valence-electron chi connectivity index (χ4n) is 0.985. The highest BCUT2D eigenvalue weighted by Gasteiger charge is 2.06. The second-order valence-corrected chi connectivity index (χ2v) is 4.28. The van der Waals surface area contributed by atoms with Crippen molar-refractivity contribution in [3.8, 4) is 0 Å². The summed E-state index contributed by atoms with van der Waals surface area (Å²) in [5.41, 5.74) is 3.03. The van der Waals surface area contributed by atoms with Gasteiger partial charge in [-0.2, -0.15) is 0 Å². The van der Waals surface area contributed by atoms with Gasteiger partial charge in [-0.3, -0.25) is 5.43 Å². The quantitative estimate of drug-likeness (QED) is 0.613. The summed E-state index contributed by atoms with van der Waals surface area (Å²) in [5, 5.41) is 0.576. The number of aromatic nitrogens is 1. The Balaban J connectivity index is 2.70. The Hall–Kier alpha value is -0.720. The van der Waals surface area contributed by atoms with E-state index in [1.165, 1.54) is 17.4 Å². The first-order chi connectivity index (χ1) is 6.20. The third-order valence-corrected chi connectivity index (χ3v) is 3.11. The van der Waals surface area contributed by atoms with E-state index in [0.29, 0.717) is 15.1 Å². The molecular weight excluding hydrogens is 257 g/mol. The SMILES string of the molecule is NNc1nc2cc(F)c(Br)cc2s1. The van der Waals surface area contributed by atoms with E-state index in [1.54, 1.807) is 6.07 Å². The Bertz CT molecular complexity index is 417. The largest absolute Gasteiger partial charge is 0.300 e. The maximum atomic E-state index is 13.0. The van der Waals surface area contributed by atoms with Crippen LogP contribution < -0.4 is 11.3 Å². The molecule has 68 valence electrons. The molecule has 2 rings (SSSR count). The van der Waals surface area contributed by atoms with Gasteiger partial charge in [0.1, 0.15) is 5.82 Å². The minimum Gasteiger partial charge on any atom is -0.300 e. The van der Waals surface area contributed by atoms with Gasteiger partial charge in [0.05, 0.1) is 14.7 Å². The Morgan fingerprint density at radius 2 is 2.31 bits per heavy atom. The van der Waals surface area contributed by atoms with Crippen LogP contribution in [0.2, 0.25) is 0 Å². The molecule has 0 spiro atoms. The monoisotopic (exact) mass is 261 g/mol. The van der Waals surface area contributed by atoms with Gasteiger partial charge in [-0.15, -0.1) is 0 Å². The van der Waals surface area contributed by atoms with E-state index in [0.717, 1.165) is 4.70 Å². The van der Waals surface area contributed by atoms with Gasteiger partial charge in [-0.1, -0.05) is 11.3 Å². The third kappa shape index (κ3) is 1.52. The number of nitrogen functional groups attached to an aromatic ring is 1. The van der Waals surface area contributed by atoms with E-state index >= 15 is 0 Å². The Morgan fingerprint density at radius 3 is 3.00 bits per heavy atom. The van der Waals surface area contributed by atoms with Crippen LogP contribution in [0.4, 0.5) is 9.52 Å².